The minimum Gasteiger partial charge on any atom is -0.374 e. The molecule has 0 saturated carbocycles. The van der Waals surface area contributed by atoms with Gasteiger partial charge in [0.1, 0.15) is 0 Å². The molecule has 0 bridgehead atoms. The van der Waals surface area contributed by atoms with Crippen LogP contribution in [0.15, 0.2) is 23.9 Å². The summed E-state index contributed by atoms with van der Waals surface area (Å²) >= 11 is 0. The maximum Gasteiger partial charge on any atom is 0.0359 e. The molecule has 62 valence electrons. The number of allylic oxidation sites excluding steroid dienone is 2. The van der Waals surface area contributed by atoms with Crippen LogP contribution in [-0.2, 0) is 0 Å². The molecular weight excluding hydrogens is 136 g/mol. The Kier molecular flexibility index (Phi) is 3.17. The first-order valence-electron chi connectivity index (χ1n) is 4.12. The Balaban J connectivity index is 2.25. The van der Waals surface area contributed by atoms with Crippen molar-refractivity contribution in [2.75, 3.05) is 19.6 Å². The molecule has 0 atom stereocenters. The summed E-state index contributed by atoms with van der Waals surface area (Å²) < 4.78 is 0. The van der Waals surface area contributed by atoms with Gasteiger partial charge in [0.05, 0.1) is 0 Å². The van der Waals surface area contributed by atoms with Crippen LogP contribution >= 0.6 is 0 Å². The van der Waals surface area contributed by atoms with Gasteiger partial charge in [-0.1, -0.05) is 11.6 Å². The fraction of sp³-hybridized carbons (Fsp3) is 0.556. The van der Waals surface area contributed by atoms with Gasteiger partial charge in [-0.05, 0) is 32.2 Å². The number of rotatable bonds is 3. The predicted molar refractivity (Wildman–Crippen MR) is 48.1 cm³/mol. The predicted octanol–water partition coefficient (Wildman–Crippen LogP) is 1.11. The molecule has 2 nitrogen and oxygen atoms in total. The van der Waals surface area contributed by atoms with E-state index in [4.69, 9.17) is 5.73 Å². The van der Waals surface area contributed by atoms with Crippen LogP contribution in [0.1, 0.15) is 13.3 Å². The van der Waals surface area contributed by atoms with Gasteiger partial charge in [-0.25, -0.2) is 0 Å². The zero-order valence-corrected chi connectivity index (χ0v) is 7.09. The molecule has 0 aromatic rings. The van der Waals surface area contributed by atoms with Gasteiger partial charge in [-0.15, -0.1) is 0 Å². The Morgan fingerprint density at radius 2 is 2.45 bits per heavy atom. The third kappa shape index (κ3) is 2.76. The van der Waals surface area contributed by atoms with Gasteiger partial charge < -0.3 is 10.6 Å². The molecule has 0 aliphatic carbocycles. The van der Waals surface area contributed by atoms with Crippen molar-refractivity contribution in [3.8, 4) is 0 Å². The highest BCUT2D eigenvalue weighted by Gasteiger charge is 1.99. The molecule has 0 fully saturated rings. The largest absolute Gasteiger partial charge is 0.374 e. The van der Waals surface area contributed by atoms with E-state index in [0.29, 0.717) is 0 Å². The Hall–Kier alpha value is -0.760. The van der Waals surface area contributed by atoms with Crippen LogP contribution in [0.3, 0.4) is 0 Å². The van der Waals surface area contributed by atoms with Crippen molar-refractivity contribution < 1.29 is 0 Å². The van der Waals surface area contributed by atoms with E-state index in [-0.39, 0.29) is 0 Å². The smallest absolute Gasteiger partial charge is 0.0359 e. The number of hydrogen-bond acceptors (Lipinski definition) is 2. The molecular formula is C9H16N2. The van der Waals surface area contributed by atoms with Crippen molar-refractivity contribution in [2.45, 2.75) is 13.3 Å². The lowest BCUT2D eigenvalue weighted by atomic mass is 10.2. The SMILES string of the molecule is CC1=CCN(CCCN)C=C1. The van der Waals surface area contributed by atoms with E-state index in [1.165, 1.54) is 5.57 Å². The fourth-order valence-electron chi connectivity index (χ4n) is 1.07. The molecule has 2 heteroatoms. The lowest BCUT2D eigenvalue weighted by molar-refractivity contribution is 0.404. The van der Waals surface area contributed by atoms with Gasteiger partial charge in [0.2, 0.25) is 0 Å². The molecule has 1 heterocycles. The maximum absolute atomic E-state index is 5.41. The Morgan fingerprint density at radius 1 is 1.64 bits per heavy atom. The quantitative estimate of drug-likeness (QED) is 0.656. The normalized spacial score (nSPS) is 16.9. The number of nitrogens with two attached hydrogens (primary N) is 1. The molecule has 0 aromatic carbocycles. The van der Waals surface area contributed by atoms with Gasteiger partial charge in [-0.3, -0.25) is 0 Å². The molecule has 0 unspecified atom stereocenters. The molecule has 0 saturated heterocycles. The fourth-order valence-corrected chi connectivity index (χ4v) is 1.07. The number of nitrogens with zero attached hydrogens (tertiary/aromatic N) is 1. The maximum atomic E-state index is 5.41. The first-order chi connectivity index (χ1) is 5.33. The van der Waals surface area contributed by atoms with Crippen molar-refractivity contribution in [1.29, 1.82) is 0 Å². The summed E-state index contributed by atoms with van der Waals surface area (Å²) in [5.41, 5.74) is 6.76. The van der Waals surface area contributed by atoms with E-state index in [9.17, 15) is 0 Å². The zero-order valence-electron chi connectivity index (χ0n) is 7.09. The van der Waals surface area contributed by atoms with E-state index in [1.807, 2.05) is 0 Å². The molecule has 1 aliphatic heterocycles. The van der Waals surface area contributed by atoms with Crippen LogP contribution in [0.25, 0.3) is 0 Å². The van der Waals surface area contributed by atoms with E-state index in [0.717, 1.165) is 26.1 Å². The van der Waals surface area contributed by atoms with Crippen LogP contribution in [-0.4, -0.2) is 24.5 Å². The lowest BCUT2D eigenvalue weighted by Crippen LogP contribution is -2.22. The van der Waals surface area contributed by atoms with Crippen LogP contribution in [0.5, 0.6) is 0 Å². The second kappa shape index (κ2) is 4.19. The summed E-state index contributed by atoms with van der Waals surface area (Å²) in [6.45, 7) is 5.03. The van der Waals surface area contributed by atoms with Gasteiger partial charge in [0.25, 0.3) is 0 Å². The van der Waals surface area contributed by atoms with Crippen LogP contribution < -0.4 is 5.73 Å². The molecule has 1 rings (SSSR count). The molecule has 11 heavy (non-hydrogen) atoms. The Bertz CT molecular complexity index is 170. The summed E-state index contributed by atoms with van der Waals surface area (Å²) in [7, 11) is 0. The molecule has 1 aliphatic rings. The Labute approximate surface area is 68.4 Å². The van der Waals surface area contributed by atoms with Gasteiger partial charge in [0, 0.05) is 13.1 Å². The summed E-state index contributed by atoms with van der Waals surface area (Å²) in [6, 6.07) is 0. The second-order valence-corrected chi connectivity index (χ2v) is 2.90. The third-order valence-electron chi connectivity index (χ3n) is 1.85. The summed E-state index contributed by atoms with van der Waals surface area (Å²) in [6.07, 6.45) is 7.60. The first kappa shape index (κ1) is 8.34. The summed E-state index contributed by atoms with van der Waals surface area (Å²) in [5.74, 6) is 0. The molecule has 2 N–H and O–H groups in total. The zero-order chi connectivity index (χ0) is 8.10. The minimum absolute atomic E-state index is 0.785. The van der Waals surface area contributed by atoms with E-state index in [2.05, 4.69) is 30.2 Å². The topological polar surface area (TPSA) is 29.3 Å². The van der Waals surface area contributed by atoms with Crippen molar-refractivity contribution in [2.24, 2.45) is 5.73 Å². The van der Waals surface area contributed by atoms with Crippen molar-refractivity contribution in [3.63, 3.8) is 0 Å². The van der Waals surface area contributed by atoms with E-state index >= 15 is 0 Å². The lowest BCUT2D eigenvalue weighted by Gasteiger charge is -2.21. The molecule has 0 spiro atoms. The van der Waals surface area contributed by atoms with Crippen LogP contribution in [0, 0.1) is 0 Å². The summed E-state index contributed by atoms with van der Waals surface area (Å²) in [4.78, 5) is 2.28. The highest BCUT2D eigenvalue weighted by atomic mass is 15.1. The highest BCUT2D eigenvalue weighted by molar-refractivity contribution is 5.19. The van der Waals surface area contributed by atoms with E-state index in [1.54, 1.807) is 0 Å². The monoisotopic (exact) mass is 152 g/mol. The van der Waals surface area contributed by atoms with Gasteiger partial charge in [0.15, 0.2) is 0 Å². The van der Waals surface area contributed by atoms with Crippen molar-refractivity contribution in [1.82, 2.24) is 4.90 Å². The molecule has 0 aromatic heterocycles. The van der Waals surface area contributed by atoms with Crippen molar-refractivity contribution in [3.05, 3.63) is 23.9 Å². The van der Waals surface area contributed by atoms with E-state index < -0.39 is 0 Å². The van der Waals surface area contributed by atoms with Crippen molar-refractivity contribution >= 4 is 0 Å². The molecule has 0 radical (unpaired) electrons. The average Bonchev–Trinajstić information content (AvgIpc) is 2.04. The highest BCUT2D eigenvalue weighted by Crippen LogP contribution is 2.05. The number of hydrogen-bond donors (Lipinski definition) is 1. The minimum atomic E-state index is 0.785. The molecule has 0 amide bonds. The first-order valence-corrected chi connectivity index (χ1v) is 4.12. The summed E-state index contributed by atoms with van der Waals surface area (Å²) in [5, 5.41) is 0. The van der Waals surface area contributed by atoms with Gasteiger partial charge >= 0.3 is 0 Å². The van der Waals surface area contributed by atoms with Crippen LogP contribution in [0.2, 0.25) is 0 Å². The van der Waals surface area contributed by atoms with Gasteiger partial charge in [-0.2, -0.15) is 0 Å². The standard InChI is InChI=1S/C9H16N2/c1-9-3-7-11(8-4-9)6-2-5-10/h3-4,7H,2,5-6,8,10H2,1H3. The second-order valence-electron chi connectivity index (χ2n) is 2.90. The third-order valence-corrected chi connectivity index (χ3v) is 1.85. The van der Waals surface area contributed by atoms with Crippen LogP contribution in [0.4, 0.5) is 0 Å². The Morgan fingerprint density at radius 3 is 3.00 bits per heavy atom. The average molecular weight is 152 g/mol.